The molecule has 0 bridgehead atoms. The Kier molecular flexibility index (Phi) is 6.92. The minimum atomic E-state index is -3.58. The number of thiophene rings is 1. The van der Waals surface area contributed by atoms with Crippen molar-refractivity contribution in [2.24, 2.45) is 0 Å². The van der Waals surface area contributed by atoms with E-state index in [1.165, 1.54) is 0 Å². The predicted molar refractivity (Wildman–Crippen MR) is 113 cm³/mol. The SMILES string of the molecule is CCC(=O)NC1CCCN(C(=O)Cc2ccc(NS(=O)(=O)c3cccs3)cc2)C1. The molecule has 0 aliphatic carbocycles. The molecule has 7 nitrogen and oxygen atoms in total. The average Bonchev–Trinajstić information content (AvgIpc) is 3.25. The lowest BCUT2D eigenvalue weighted by molar-refractivity contribution is -0.133. The van der Waals surface area contributed by atoms with Crippen LogP contribution in [0.5, 0.6) is 0 Å². The van der Waals surface area contributed by atoms with Gasteiger partial charge in [-0.2, -0.15) is 0 Å². The van der Waals surface area contributed by atoms with Crippen LogP contribution in [0.2, 0.25) is 0 Å². The van der Waals surface area contributed by atoms with Crippen LogP contribution < -0.4 is 10.0 Å². The van der Waals surface area contributed by atoms with Crippen LogP contribution in [0.25, 0.3) is 0 Å². The van der Waals surface area contributed by atoms with E-state index >= 15 is 0 Å². The van der Waals surface area contributed by atoms with Crippen LogP contribution in [0.15, 0.2) is 46.0 Å². The van der Waals surface area contributed by atoms with Gasteiger partial charge in [-0.25, -0.2) is 8.42 Å². The van der Waals surface area contributed by atoms with E-state index in [-0.39, 0.29) is 28.5 Å². The van der Waals surface area contributed by atoms with E-state index in [2.05, 4.69) is 10.0 Å². The van der Waals surface area contributed by atoms with E-state index < -0.39 is 10.0 Å². The Bertz CT molecular complexity index is 941. The van der Waals surface area contributed by atoms with Crippen molar-refractivity contribution in [3.05, 3.63) is 47.3 Å². The van der Waals surface area contributed by atoms with Crippen molar-refractivity contribution in [3.8, 4) is 0 Å². The smallest absolute Gasteiger partial charge is 0.271 e. The zero-order chi connectivity index (χ0) is 20.9. The summed E-state index contributed by atoms with van der Waals surface area (Å²) in [7, 11) is -3.58. The number of anilines is 1. The molecule has 1 aromatic carbocycles. The fourth-order valence-electron chi connectivity index (χ4n) is 3.25. The van der Waals surface area contributed by atoms with Crippen LogP contribution in [0.1, 0.15) is 31.7 Å². The van der Waals surface area contributed by atoms with E-state index in [4.69, 9.17) is 0 Å². The van der Waals surface area contributed by atoms with E-state index in [1.807, 2.05) is 6.92 Å². The van der Waals surface area contributed by atoms with Crippen LogP contribution in [-0.4, -0.2) is 44.3 Å². The molecule has 2 N–H and O–H groups in total. The third-order valence-electron chi connectivity index (χ3n) is 4.78. The zero-order valence-corrected chi connectivity index (χ0v) is 17.9. The molecule has 2 heterocycles. The molecule has 1 saturated heterocycles. The standard InChI is InChI=1S/C20H25N3O4S2/c1-2-18(24)21-17-5-3-11-23(14-17)19(25)13-15-7-9-16(10-8-15)22-29(26,27)20-6-4-12-28-20/h4,6-10,12,17,22H,2-3,5,11,13-14H2,1H3,(H,21,24). The first-order chi connectivity index (χ1) is 13.9. The first-order valence-corrected chi connectivity index (χ1v) is 12.0. The molecule has 0 radical (unpaired) electrons. The molecular weight excluding hydrogens is 410 g/mol. The van der Waals surface area contributed by atoms with E-state index in [0.29, 0.717) is 25.2 Å². The van der Waals surface area contributed by atoms with Gasteiger partial charge in [-0.15, -0.1) is 11.3 Å². The first kappa shape index (κ1) is 21.3. The lowest BCUT2D eigenvalue weighted by Gasteiger charge is -2.33. The molecule has 1 unspecified atom stereocenters. The van der Waals surface area contributed by atoms with Crippen molar-refractivity contribution < 1.29 is 18.0 Å². The summed E-state index contributed by atoms with van der Waals surface area (Å²) >= 11 is 1.15. The van der Waals surface area contributed by atoms with Gasteiger partial charge in [-0.1, -0.05) is 25.1 Å². The predicted octanol–water partition coefficient (Wildman–Crippen LogP) is 2.61. The molecule has 29 heavy (non-hydrogen) atoms. The van der Waals surface area contributed by atoms with Crippen LogP contribution in [0, 0.1) is 0 Å². The fourth-order valence-corrected chi connectivity index (χ4v) is 5.30. The minimum Gasteiger partial charge on any atom is -0.352 e. The third kappa shape index (κ3) is 5.80. The molecule has 9 heteroatoms. The van der Waals surface area contributed by atoms with Crippen LogP contribution in [-0.2, 0) is 26.0 Å². The highest BCUT2D eigenvalue weighted by molar-refractivity contribution is 7.94. The molecule has 1 aliphatic heterocycles. The number of piperidine rings is 1. The van der Waals surface area contributed by atoms with Crippen molar-refractivity contribution >= 4 is 38.9 Å². The zero-order valence-electron chi connectivity index (χ0n) is 16.3. The second-order valence-corrected chi connectivity index (χ2v) is 9.87. The number of benzene rings is 1. The average molecular weight is 436 g/mol. The summed E-state index contributed by atoms with van der Waals surface area (Å²) < 4.78 is 27.3. The molecule has 1 aromatic heterocycles. The number of likely N-dealkylation sites (tertiary alicyclic amines) is 1. The number of carbonyl (C=O) groups is 2. The van der Waals surface area contributed by atoms with Crippen molar-refractivity contribution in [2.45, 2.75) is 42.9 Å². The summed E-state index contributed by atoms with van der Waals surface area (Å²) in [6.07, 6.45) is 2.43. The molecule has 1 aliphatic rings. The lowest BCUT2D eigenvalue weighted by atomic mass is 10.0. The lowest BCUT2D eigenvalue weighted by Crippen LogP contribution is -2.49. The number of hydrogen-bond acceptors (Lipinski definition) is 5. The van der Waals surface area contributed by atoms with Gasteiger partial charge in [-0.3, -0.25) is 14.3 Å². The van der Waals surface area contributed by atoms with Gasteiger partial charge in [0.05, 0.1) is 6.42 Å². The molecule has 1 fully saturated rings. The number of nitrogens with zero attached hydrogens (tertiary/aromatic N) is 1. The normalized spacial score (nSPS) is 17.0. The van der Waals surface area contributed by atoms with Gasteiger partial charge < -0.3 is 10.2 Å². The summed E-state index contributed by atoms with van der Waals surface area (Å²) in [5.41, 5.74) is 1.27. The maximum absolute atomic E-state index is 12.6. The van der Waals surface area contributed by atoms with Crippen molar-refractivity contribution in [3.63, 3.8) is 0 Å². The summed E-state index contributed by atoms with van der Waals surface area (Å²) in [5.74, 6) is 0.0113. The highest BCUT2D eigenvalue weighted by atomic mass is 32.2. The topological polar surface area (TPSA) is 95.6 Å². The number of hydrogen-bond donors (Lipinski definition) is 2. The number of nitrogens with one attached hydrogen (secondary N) is 2. The van der Waals surface area contributed by atoms with E-state index in [1.54, 1.807) is 46.7 Å². The number of sulfonamides is 1. The molecule has 156 valence electrons. The van der Waals surface area contributed by atoms with Crippen molar-refractivity contribution in [1.82, 2.24) is 10.2 Å². The van der Waals surface area contributed by atoms with Gasteiger partial charge >= 0.3 is 0 Å². The number of carbonyl (C=O) groups excluding carboxylic acids is 2. The van der Waals surface area contributed by atoms with Crippen molar-refractivity contribution in [1.29, 1.82) is 0 Å². The summed E-state index contributed by atoms with van der Waals surface area (Å²) in [5, 5.41) is 4.67. The van der Waals surface area contributed by atoms with Gasteiger partial charge in [-0.05, 0) is 42.0 Å². The third-order valence-corrected chi connectivity index (χ3v) is 7.56. The second-order valence-electron chi connectivity index (χ2n) is 7.01. The van der Waals surface area contributed by atoms with Crippen LogP contribution in [0.3, 0.4) is 0 Å². The molecule has 1 atom stereocenters. The largest absolute Gasteiger partial charge is 0.352 e. The molecule has 2 amide bonds. The monoisotopic (exact) mass is 435 g/mol. The Labute approximate surface area is 175 Å². The highest BCUT2D eigenvalue weighted by Gasteiger charge is 2.24. The Morgan fingerprint density at radius 3 is 2.62 bits per heavy atom. The summed E-state index contributed by atoms with van der Waals surface area (Å²) in [4.78, 5) is 26.0. The highest BCUT2D eigenvalue weighted by Crippen LogP contribution is 2.21. The van der Waals surface area contributed by atoms with Gasteiger partial charge in [0.1, 0.15) is 4.21 Å². The summed E-state index contributed by atoms with van der Waals surface area (Å²) in [6.45, 7) is 3.03. The maximum atomic E-state index is 12.6. The molecule has 2 aromatic rings. The van der Waals surface area contributed by atoms with Gasteiger partial charge in [0, 0.05) is 31.2 Å². The minimum absolute atomic E-state index is 0.00453. The van der Waals surface area contributed by atoms with Gasteiger partial charge in [0.25, 0.3) is 10.0 Å². The Hall–Kier alpha value is -2.39. The van der Waals surface area contributed by atoms with Crippen LogP contribution >= 0.6 is 11.3 Å². The van der Waals surface area contributed by atoms with Gasteiger partial charge in [0.15, 0.2) is 0 Å². The van der Waals surface area contributed by atoms with Crippen molar-refractivity contribution in [2.75, 3.05) is 17.8 Å². The van der Waals surface area contributed by atoms with E-state index in [9.17, 15) is 18.0 Å². The first-order valence-electron chi connectivity index (χ1n) is 9.60. The number of rotatable bonds is 7. The van der Waals surface area contributed by atoms with Crippen LogP contribution in [0.4, 0.5) is 5.69 Å². The Morgan fingerprint density at radius 1 is 1.21 bits per heavy atom. The number of amides is 2. The fraction of sp³-hybridized carbons (Fsp3) is 0.400. The molecule has 3 rings (SSSR count). The summed E-state index contributed by atoms with van der Waals surface area (Å²) in [6, 6.07) is 10.1. The van der Waals surface area contributed by atoms with Gasteiger partial charge in [0.2, 0.25) is 11.8 Å². The van der Waals surface area contributed by atoms with E-state index in [0.717, 1.165) is 29.7 Å². The molecule has 0 saturated carbocycles. The molecular formula is C20H25N3O4S2. The Balaban J connectivity index is 1.56. The Morgan fingerprint density at radius 2 is 1.97 bits per heavy atom. The molecule has 0 spiro atoms. The second kappa shape index (κ2) is 9.41. The quantitative estimate of drug-likeness (QED) is 0.699. The maximum Gasteiger partial charge on any atom is 0.271 e.